The van der Waals surface area contributed by atoms with Crippen LogP contribution in [0, 0.1) is 11.3 Å². The Labute approximate surface area is 118 Å². The van der Waals surface area contributed by atoms with Crippen LogP contribution in [0.4, 0.5) is 0 Å². The van der Waals surface area contributed by atoms with Crippen molar-refractivity contribution in [1.82, 2.24) is 0 Å². The van der Waals surface area contributed by atoms with E-state index in [1.54, 1.807) is 0 Å². The van der Waals surface area contributed by atoms with Crippen LogP contribution in [0.25, 0.3) is 0 Å². The van der Waals surface area contributed by atoms with Crippen LogP contribution in [0.1, 0.15) is 59.4 Å². The van der Waals surface area contributed by atoms with E-state index in [1.165, 1.54) is 16.9 Å². The fourth-order valence-electron chi connectivity index (χ4n) is 2.38. The molecule has 0 spiro atoms. The number of rotatable bonds is 5. The number of hydrogen-bond acceptors (Lipinski definition) is 1. The monoisotopic (exact) mass is 264 g/mol. The maximum absolute atomic E-state index is 2.34. The molecule has 0 nitrogen and oxygen atoms in total. The fraction of sp³-hybridized carbons (Fsp3) is 0.647. The van der Waals surface area contributed by atoms with Crippen molar-refractivity contribution in [3.63, 3.8) is 0 Å². The maximum atomic E-state index is 2.34. The molecular formula is C17H28S. The van der Waals surface area contributed by atoms with Crippen molar-refractivity contribution in [1.29, 1.82) is 0 Å². The highest BCUT2D eigenvalue weighted by Crippen LogP contribution is 2.36. The van der Waals surface area contributed by atoms with Crippen LogP contribution in [-0.4, -0.2) is 5.75 Å². The lowest BCUT2D eigenvalue weighted by Gasteiger charge is -2.29. The molecule has 1 atom stereocenters. The van der Waals surface area contributed by atoms with Crippen LogP contribution >= 0.6 is 11.8 Å². The van der Waals surface area contributed by atoms with Crippen molar-refractivity contribution in [3.05, 3.63) is 29.8 Å². The summed E-state index contributed by atoms with van der Waals surface area (Å²) in [6.07, 6.45) is 1.25. The topological polar surface area (TPSA) is 0 Å². The first-order chi connectivity index (χ1) is 8.33. The fourth-order valence-corrected chi connectivity index (χ4v) is 3.04. The van der Waals surface area contributed by atoms with E-state index < -0.39 is 0 Å². The molecule has 0 bridgehead atoms. The summed E-state index contributed by atoms with van der Waals surface area (Å²) >= 11 is 1.92. The summed E-state index contributed by atoms with van der Waals surface area (Å²) in [4.78, 5) is 1.39. The van der Waals surface area contributed by atoms with Gasteiger partial charge in [-0.05, 0) is 47.1 Å². The molecule has 1 heteroatoms. The predicted molar refractivity (Wildman–Crippen MR) is 84.5 cm³/mol. The zero-order valence-electron chi connectivity index (χ0n) is 12.8. The summed E-state index contributed by atoms with van der Waals surface area (Å²) in [6, 6.07) is 9.21. The normalized spacial score (nSPS) is 13.9. The van der Waals surface area contributed by atoms with Crippen molar-refractivity contribution in [2.24, 2.45) is 11.3 Å². The third-order valence-corrected chi connectivity index (χ3v) is 4.15. The van der Waals surface area contributed by atoms with E-state index >= 15 is 0 Å². The molecule has 0 heterocycles. The minimum atomic E-state index is 0.395. The van der Waals surface area contributed by atoms with Crippen molar-refractivity contribution < 1.29 is 0 Å². The quantitative estimate of drug-likeness (QED) is 0.590. The first-order valence-electron chi connectivity index (χ1n) is 7.06. The molecule has 0 fully saturated rings. The third kappa shape index (κ3) is 5.06. The summed E-state index contributed by atoms with van der Waals surface area (Å²) in [6.45, 7) is 13.9. The largest absolute Gasteiger partial charge is 0.126 e. The zero-order valence-corrected chi connectivity index (χ0v) is 13.6. The highest BCUT2D eigenvalue weighted by molar-refractivity contribution is 7.99. The average Bonchev–Trinajstić information content (AvgIpc) is 2.26. The van der Waals surface area contributed by atoms with Crippen LogP contribution in [0.5, 0.6) is 0 Å². The highest BCUT2D eigenvalue weighted by atomic mass is 32.2. The Kier molecular flexibility index (Phi) is 5.78. The van der Waals surface area contributed by atoms with Crippen molar-refractivity contribution in [2.45, 2.75) is 58.8 Å². The standard InChI is InChI=1S/C17H28S/c1-7-18-15-10-8-14(9-11-15)16(13(2)3)12-17(4,5)6/h8-11,13,16H,7,12H2,1-6H3. The minimum Gasteiger partial charge on any atom is -0.126 e. The predicted octanol–water partition coefficient (Wildman–Crippen LogP) is 5.97. The lowest BCUT2D eigenvalue weighted by atomic mass is 9.76. The first-order valence-corrected chi connectivity index (χ1v) is 8.05. The van der Waals surface area contributed by atoms with Crippen LogP contribution in [-0.2, 0) is 0 Å². The summed E-state index contributed by atoms with van der Waals surface area (Å²) in [5, 5.41) is 0. The van der Waals surface area contributed by atoms with Gasteiger partial charge in [-0.15, -0.1) is 11.8 Å². The molecule has 0 saturated heterocycles. The maximum Gasteiger partial charge on any atom is 0.00720 e. The molecule has 1 unspecified atom stereocenters. The van der Waals surface area contributed by atoms with Gasteiger partial charge in [-0.1, -0.05) is 53.7 Å². The van der Waals surface area contributed by atoms with Gasteiger partial charge in [0.1, 0.15) is 0 Å². The van der Waals surface area contributed by atoms with Gasteiger partial charge in [-0.3, -0.25) is 0 Å². The van der Waals surface area contributed by atoms with E-state index in [0.717, 1.165) is 5.75 Å². The average molecular weight is 264 g/mol. The van der Waals surface area contributed by atoms with E-state index in [2.05, 4.69) is 65.8 Å². The smallest absolute Gasteiger partial charge is 0.00720 e. The van der Waals surface area contributed by atoms with Crippen molar-refractivity contribution in [2.75, 3.05) is 5.75 Å². The van der Waals surface area contributed by atoms with Crippen LogP contribution < -0.4 is 0 Å². The number of hydrogen-bond donors (Lipinski definition) is 0. The van der Waals surface area contributed by atoms with Crippen LogP contribution in [0.15, 0.2) is 29.2 Å². The van der Waals surface area contributed by atoms with Gasteiger partial charge in [0, 0.05) is 4.90 Å². The van der Waals surface area contributed by atoms with Crippen LogP contribution in [0.2, 0.25) is 0 Å². The summed E-state index contributed by atoms with van der Waals surface area (Å²) < 4.78 is 0. The Bertz CT molecular complexity index is 343. The SMILES string of the molecule is CCSc1ccc(C(CC(C)(C)C)C(C)C)cc1. The van der Waals surface area contributed by atoms with Gasteiger partial charge in [0.25, 0.3) is 0 Å². The molecule has 0 aliphatic heterocycles. The van der Waals surface area contributed by atoms with E-state index in [-0.39, 0.29) is 0 Å². The Balaban J connectivity index is 2.86. The van der Waals surface area contributed by atoms with E-state index in [9.17, 15) is 0 Å². The summed E-state index contributed by atoms with van der Waals surface area (Å²) in [5.74, 6) is 2.52. The molecule has 1 aromatic rings. The molecule has 18 heavy (non-hydrogen) atoms. The van der Waals surface area contributed by atoms with Gasteiger partial charge in [0.2, 0.25) is 0 Å². The van der Waals surface area contributed by atoms with E-state index in [0.29, 0.717) is 17.3 Å². The molecule has 0 amide bonds. The van der Waals surface area contributed by atoms with E-state index in [1.807, 2.05) is 11.8 Å². The molecular weight excluding hydrogens is 236 g/mol. The van der Waals surface area contributed by atoms with Gasteiger partial charge >= 0.3 is 0 Å². The molecule has 0 radical (unpaired) electrons. The summed E-state index contributed by atoms with van der Waals surface area (Å²) in [7, 11) is 0. The first kappa shape index (κ1) is 15.6. The van der Waals surface area contributed by atoms with Gasteiger partial charge in [-0.2, -0.15) is 0 Å². The summed E-state index contributed by atoms with van der Waals surface area (Å²) in [5.41, 5.74) is 1.89. The molecule has 1 rings (SSSR count). The second-order valence-electron chi connectivity index (χ2n) is 6.62. The Hall–Kier alpha value is -0.430. The number of thioether (sulfide) groups is 1. The Morgan fingerprint density at radius 3 is 2.00 bits per heavy atom. The second-order valence-corrected chi connectivity index (χ2v) is 7.95. The number of benzene rings is 1. The molecule has 0 N–H and O–H groups in total. The molecule has 102 valence electrons. The van der Waals surface area contributed by atoms with Crippen molar-refractivity contribution >= 4 is 11.8 Å². The second kappa shape index (κ2) is 6.65. The highest BCUT2D eigenvalue weighted by Gasteiger charge is 2.22. The molecule has 1 aromatic carbocycles. The van der Waals surface area contributed by atoms with Crippen molar-refractivity contribution in [3.8, 4) is 0 Å². The van der Waals surface area contributed by atoms with Gasteiger partial charge in [0.15, 0.2) is 0 Å². The molecule has 0 aromatic heterocycles. The lowest BCUT2D eigenvalue weighted by Crippen LogP contribution is -2.16. The molecule has 0 aliphatic rings. The van der Waals surface area contributed by atoms with Gasteiger partial charge < -0.3 is 0 Å². The third-order valence-electron chi connectivity index (χ3n) is 3.26. The Morgan fingerprint density at radius 2 is 1.61 bits per heavy atom. The zero-order chi connectivity index (χ0) is 13.8. The molecule has 0 aliphatic carbocycles. The molecule has 0 saturated carbocycles. The lowest BCUT2D eigenvalue weighted by molar-refractivity contribution is 0.301. The van der Waals surface area contributed by atoms with Crippen LogP contribution in [0.3, 0.4) is 0 Å². The van der Waals surface area contributed by atoms with Gasteiger partial charge in [-0.25, -0.2) is 0 Å². The van der Waals surface area contributed by atoms with E-state index in [4.69, 9.17) is 0 Å². The minimum absolute atomic E-state index is 0.395. The Morgan fingerprint density at radius 1 is 1.06 bits per heavy atom. The van der Waals surface area contributed by atoms with Gasteiger partial charge in [0.05, 0.1) is 0 Å².